The number of benzene rings is 3. The fourth-order valence-corrected chi connectivity index (χ4v) is 5.78. The van der Waals surface area contributed by atoms with Crippen LogP contribution >= 0.6 is 0 Å². The SMILES string of the molecule is COc1ccc(CN(C(=O)Cn2nnc3ccccc32)C(C(=O)NCC2CCCO2)c2ccc(N3CCOCC3)cc2)cc1. The summed E-state index contributed by atoms with van der Waals surface area (Å²) in [5.41, 5.74) is 4.09. The van der Waals surface area contributed by atoms with E-state index < -0.39 is 6.04 Å². The van der Waals surface area contributed by atoms with E-state index in [0.717, 1.165) is 48.3 Å². The fourth-order valence-electron chi connectivity index (χ4n) is 5.78. The Morgan fingerprint density at radius 2 is 1.80 bits per heavy atom. The third-order valence-corrected chi connectivity index (χ3v) is 8.21. The van der Waals surface area contributed by atoms with Crippen LogP contribution in [0.3, 0.4) is 0 Å². The Balaban J connectivity index is 1.34. The lowest BCUT2D eigenvalue weighted by molar-refractivity contribution is -0.142. The second kappa shape index (κ2) is 13.9. The molecular formula is C33H38N6O5. The molecule has 3 aromatic carbocycles. The minimum Gasteiger partial charge on any atom is -0.497 e. The van der Waals surface area contributed by atoms with Gasteiger partial charge in [0.2, 0.25) is 11.8 Å². The first-order valence-corrected chi connectivity index (χ1v) is 15.1. The van der Waals surface area contributed by atoms with E-state index in [4.69, 9.17) is 14.2 Å². The lowest BCUT2D eigenvalue weighted by Gasteiger charge is -2.33. The molecule has 6 rings (SSSR count). The van der Waals surface area contributed by atoms with Gasteiger partial charge in [-0.15, -0.1) is 5.10 Å². The Labute approximate surface area is 256 Å². The molecule has 4 aromatic rings. The number of fused-ring (bicyclic) bond motifs is 1. The van der Waals surface area contributed by atoms with Crippen molar-refractivity contribution in [2.75, 3.05) is 51.5 Å². The number of methoxy groups -OCH3 is 1. The highest BCUT2D eigenvalue weighted by Gasteiger charge is 2.33. The molecule has 2 amide bonds. The molecule has 2 fully saturated rings. The first-order chi connectivity index (χ1) is 21.6. The number of morpholine rings is 1. The van der Waals surface area contributed by atoms with Crippen LogP contribution in [0.25, 0.3) is 11.0 Å². The molecule has 0 spiro atoms. The van der Waals surface area contributed by atoms with Gasteiger partial charge in [-0.2, -0.15) is 0 Å². The summed E-state index contributed by atoms with van der Waals surface area (Å²) in [4.78, 5) is 32.2. The number of nitrogens with zero attached hydrogens (tertiary/aromatic N) is 5. The van der Waals surface area contributed by atoms with Crippen LogP contribution in [0.5, 0.6) is 5.75 Å². The smallest absolute Gasteiger partial charge is 0.247 e. The number of rotatable bonds is 11. The maximum absolute atomic E-state index is 14.3. The molecule has 2 aliphatic heterocycles. The van der Waals surface area contributed by atoms with E-state index in [1.165, 1.54) is 0 Å². The van der Waals surface area contributed by atoms with Gasteiger partial charge in [-0.1, -0.05) is 41.6 Å². The zero-order valence-corrected chi connectivity index (χ0v) is 24.9. The molecule has 2 aliphatic rings. The molecule has 1 N–H and O–H groups in total. The minimum absolute atomic E-state index is 0.0319. The number of carbonyl (C=O) groups excluding carboxylic acids is 2. The van der Waals surface area contributed by atoms with Crippen LogP contribution in [-0.4, -0.2) is 84.4 Å². The van der Waals surface area contributed by atoms with Crippen LogP contribution in [0.1, 0.15) is 30.0 Å². The van der Waals surface area contributed by atoms with Crippen molar-refractivity contribution >= 4 is 28.5 Å². The molecule has 2 saturated heterocycles. The summed E-state index contributed by atoms with van der Waals surface area (Å²) in [6.45, 7) is 4.18. The van der Waals surface area contributed by atoms with Crippen molar-refractivity contribution in [2.45, 2.75) is 38.1 Å². The average molecular weight is 599 g/mol. The summed E-state index contributed by atoms with van der Waals surface area (Å²) in [5, 5.41) is 11.6. The molecule has 0 aliphatic carbocycles. The molecule has 1 aromatic heterocycles. The van der Waals surface area contributed by atoms with Crippen molar-refractivity contribution in [3.05, 3.63) is 83.9 Å². The molecule has 11 heteroatoms. The van der Waals surface area contributed by atoms with E-state index in [1.807, 2.05) is 72.8 Å². The number of hydrogen-bond acceptors (Lipinski definition) is 8. The van der Waals surface area contributed by atoms with Crippen molar-refractivity contribution in [1.82, 2.24) is 25.2 Å². The molecule has 0 saturated carbocycles. The summed E-state index contributed by atoms with van der Waals surface area (Å²) in [6, 6.07) is 22.1. The predicted molar refractivity (Wildman–Crippen MR) is 165 cm³/mol. The molecule has 3 heterocycles. The molecule has 230 valence electrons. The highest BCUT2D eigenvalue weighted by atomic mass is 16.5. The number of aromatic nitrogens is 3. The van der Waals surface area contributed by atoms with Gasteiger partial charge in [-0.05, 0) is 60.4 Å². The van der Waals surface area contributed by atoms with Gasteiger partial charge in [0.15, 0.2) is 0 Å². The lowest BCUT2D eigenvalue weighted by atomic mass is 10.0. The molecule has 11 nitrogen and oxygen atoms in total. The van der Waals surface area contributed by atoms with E-state index in [2.05, 4.69) is 20.5 Å². The number of carbonyl (C=O) groups is 2. The Morgan fingerprint density at radius 1 is 1.02 bits per heavy atom. The predicted octanol–water partition coefficient (Wildman–Crippen LogP) is 3.34. The maximum atomic E-state index is 14.3. The van der Waals surface area contributed by atoms with E-state index >= 15 is 0 Å². The Bertz CT molecular complexity index is 1550. The number of para-hydroxylation sites is 1. The van der Waals surface area contributed by atoms with E-state index in [9.17, 15) is 9.59 Å². The number of hydrogen-bond donors (Lipinski definition) is 1. The van der Waals surface area contributed by atoms with Gasteiger partial charge in [0, 0.05) is 38.5 Å². The van der Waals surface area contributed by atoms with Gasteiger partial charge < -0.3 is 29.3 Å². The maximum Gasteiger partial charge on any atom is 0.247 e. The van der Waals surface area contributed by atoms with Gasteiger partial charge in [0.1, 0.15) is 23.9 Å². The molecule has 0 radical (unpaired) electrons. The summed E-state index contributed by atoms with van der Waals surface area (Å²) in [6.07, 6.45) is 1.84. The Kier molecular flexibility index (Phi) is 9.33. The second-order valence-electron chi connectivity index (χ2n) is 11.1. The molecule has 44 heavy (non-hydrogen) atoms. The van der Waals surface area contributed by atoms with Crippen LogP contribution < -0.4 is 15.0 Å². The molecule has 2 atom stereocenters. The van der Waals surface area contributed by atoms with Crippen LogP contribution in [-0.2, 0) is 32.2 Å². The summed E-state index contributed by atoms with van der Waals surface area (Å²) >= 11 is 0. The van der Waals surface area contributed by atoms with Crippen LogP contribution in [0, 0.1) is 0 Å². The second-order valence-corrected chi connectivity index (χ2v) is 11.1. The Morgan fingerprint density at radius 3 is 2.52 bits per heavy atom. The highest BCUT2D eigenvalue weighted by molar-refractivity contribution is 5.89. The highest BCUT2D eigenvalue weighted by Crippen LogP contribution is 2.28. The molecule has 2 unspecified atom stereocenters. The van der Waals surface area contributed by atoms with Crippen molar-refractivity contribution < 1.29 is 23.8 Å². The van der Waals surface area contributed by atoms with Gasteiger partial charge in [-0.3, -0.25) is 9.59 Å². The monoisotopic (exact) mass is 598 g/mol. The molecular weight excluding hydrogens is 560 g/mol. The first kappa shape index (κ1) is 29.6. The van der Waals surface area contributed by atoms with Crippen molar-refractivity contribution in [1.29, 1.82) is 0 Å². The van der Waals surface area contributed by atoms with Gasteiger partial charge in [0.05, 0.1) is 31.9 Å². The molecule has 0 bridgehead atoms. The van der Waals surface area contributed by atoms with E-state index in [-0.39, 0.29) is 31.0 Å². The quantitative estimate of drug-likeness (QED) is 0.280. The Hall–Kier alpha value is -4.48. The van der Waals surface area contributed by atoms with Gasteiger partial charge in [-0.25, -0.2) is 4.68 Å². The van der Waals surface area contributed by atoms with Gasteiger partial charge in [0.25, 0.3) is 0 Å². The van der Waals surface area contributed by atoms with E-state index in [1.54, 1.807) is 16.7 Å². The zero-order chi connectivity index (χ0) is 30.3. The average Bonchev–Trinajstić information content (AvgIpc) is 3.75. The van der Waals surface area contributed by atoms with E-state index in [0.29, 0.717) is 37.6 Å². The third-order valence-electron chi connectivity index (χ3n) is 8.21. The first-order valence-electron chi connectivity index (χ1n) is 15.1. The fraction of sp³-hybridized carbons (Fsp3) is 0.394. The summed E-state index contributed by atoms with van der Waals surface area (Å²) in [5.74, 6) is 0.196. The van der Waals surface area contributed by atoms with Crippen LogP contribution in [0.15, 0.2) is 72.8 Å². The summed E-state index contributed by atoms with van der Waals surface area (Å²) in [7, 11) is 1.61. The normalized spacial score (nSPS) is 17.4. The minimum atomic E-state index is -0.889. The zero-order valence-electron chi connectivity index (χ0n) is 24.9. The van der Waals surface area contributed by atoms with Crippen molar-refractivity contribution in [3.63, 3.8) is 0 Å². The number of nitrogens with one attached hydrogen (secondary N) is 1. The lowest BCUT2D eigenvalue weighted by Crippen LogP contribution is -2.46. The van der Waals surface area contributed by atoms with Crippen molar-refractivity contribution in [3.8, 4) is 5.75 Å². The third kappa shape index (κ3) is 6.84. The van der Waals surface area contributed by atoms with Gasteiger partial charge >= 0.3 is 0 Å². The largest absolute Gasteiger partial charge is 0.497 e. The van der Waals surface area contributed by atoms with Crippen LogP contribution in [0.2, 0.25) is 0 Å². The standard InChI is InChI=1S/C33H38N6O5/c1-42-27-14-8-24(9-15-27)22-38(31(40)23-39-30-7-3-2-6-29(30)35-36-39)32(33(41)34-21-28-5-4-18-44-28)25-10-12-26(13-11-25)37-16-19-43-20-17-37/h2-3,6-15,28,32H,4-5,16-23H2,1H3,(H,34,41). The number of amides is 2. The van der Waals surface area contributed by atoms with Crippen LogP contribution in [0.4, 0.5) is 5.69 Å². The summed E-state index contributed by atoms with van der Waals surface area (Å²) < 4.78 is 18.2. The van der Waals surface area contributed by atoms with Crippen molar-refractivity contribution in [2.24, 2.45) is 0 Å². The topological polar surface area (TPSA) is 111 Å². The number of ether oxygens (including phenoxy) is 3. The number of anilines is 1.